The molecule has 0 fully saturated rings. The van der Waals surface area contributed by atoms with Gasteiger partial charge in [-0.15, -0.1) is 0 Å². The molecule has 1 heterocycles. The van der Waals surface area contributed by atoms with Crippen molar-refractivity contribution in [2.45, 2.75) is 6.92 Å². The van der Waals surface area contributed by atoms with Crippen LogP contribution < -0.4 is 4.74 Å². The van der Waals surface area contributed by atoms with E-state index < -0.39 is 0 Å². The predicted octanol–water partition coefficient (Wildman–Crippen LogP) is 1.94. The third-order valence-corrected chi connectivity index (χ3v) is 1.77. The topological polar surface area (TPSA) is 9.23 Å². The smallest absolute Gasteiger partial charge is 0.125 e. The molecule has 1 aromatic carbocycles. The van der Waals surface area contributed by atoms with Crippen LogP contribution in [0.25, 0.3) is 0 Å². The molecule has 10 heavy (non-hydrogen) atoms. The molecule has 0 aromatic heterocycles. The highest BCUT2D eigenvalue weighted by Crippen LogP contribution is 2.29. The van der Waals surface area contributed by atoms with Crippen molar-refractivity contribution in [3.05, 3.63) is 35.7 Å². The molecule has 0 bridgehead atoms. The van der Waals surface area contributed by atoms with Crippen molar-refractivity contribution < 1.29 is 4.74 Å². The van der Waals surface area contributed by atoms with E-state index in [0.717, 1.165) is 12.4 Å². The van der Waals surface area contributed by atoms with E-state index in [1.165, 1.54) is 11.1 Å². The zero-order valence-corrected chi connectivity index (χ0v) is 5.92. The summed E-state index contributed by atoms with van der Waals surface area (Å²) in [6, 6.07) is 6.20. The number of benzene rings is 1. The summed E-state index contributed by atoms with van der Waals surface area (Å²) in [5, 5.41) is 0. The summed E-state index contributed by atoms with van der Waals surface area (Å²) in [6.07, 6.45) is 2.10. The van der Waals surface area contributed by atoms with Gasteiger partial charge >= 0.3 is 0 Å². The summed E-state index contributed by atoms with van der Waals surface area (Å²) in [5.41, 5.74) is 2.46. The van der Waals surface area contributed by atoms with Crippen molar-refractivity contribution in [3.8, 4) is 5.75 Å². The fourth-order valence-electron chi connectivity index (χ4n) is 1.25. The Labute approximate surface area is 60.6 Å². The molecule has 0 N–H and O–H groups in total. The molecule has 0 amide bonds. The van der Waals surface area contributed by atoms with Gasteiger partial charge in [0.15, 0.2) is 0 Å². The molecule has 0 unspecified atom stereocenters. The van der Waals surface area contributed by atoms with E-state index in [1.54, 1.807) is 0 Å². The first kappa shape index (κ1) is 5.78. The lowest BCUT2D eigenvalue weighted by Gasteiger charge is -2.00. The van der Waals surface area contributed by atoms with E-state index in [4.69, 9.17) is 4.74 Å². The van der Waals surface area contributed by atoms with Gasteiger partial charge in [-0.05, 0) is 12.5 Å². The summed E-state index contributed by atoms with van der Waals surface area (Å²) >= 11 is 0. The van der Waals surface area contributed by atoms with Gasteiger partial charge in [0.25, 0.3) is 0 Å². The minimum atomic E-state index is 0.736. The highest BCUT2D eigenvalue weighted by Gasteiger charge is 2.12. The number of fused-ring (bicyclic) bond motifs is 1. The lowest BCUT2D eigenvalue weighted by atomic mass is 10.1. The van der Waals surface area contributed by atoms with Gasteiger partial charge in [-0.2, -0.15) is 0 Å². The van der Waals surface area contributed by atoms with Crippen LogP contribution in [-0.2, 0) is 0 Å². The summed E-state index contributed by atoms with van der Waals surface area (Å²) in [7, 11) is 0. The molecule has 1 nitrogen and oxygen atoms in total. The van der Waals surface area contributed by atoms with Crippen LogP contribution in [0, 0.1) is 13.3 Å². The molecule has 51 valence electrons. The van der Waals surface area contributed by atoms with Crippen LogP contribution in [0.5, 0.6) is 5.75 Å². The maximum Gasteiger partial charge on any atom is 0.125 e. The maximum atomic E-state index is 5.37. The summed E-state index contributed by atoms with van der Waals surface area (Å²) in [4.78, 5) is 0. The van der Waals surface area contributed by atoms with Gasteiger partial charge in [0.05, 0.1) is 6.61 Å². The van der Waals surface area contributed by atoms with Crippen LogP contribution in [0.2, 0.25) is 0 Å². The molecular weight excluding hydrogens is 124 g/mol. The number of para-hydroxylation sites is 1. The Morgan fingerprint density at radius 1 is 1.40 bits per heavy atom. The molecule has 1 heteroatoms. The van der Waals surface area contributed by atoms with Crippen molar-refractivity contribution in [1.29, 1.82) is 0 Å². The van der Waals surface area contributed by atoms with Gasteiger partial charge in [-0.3, -0.25) is 0 Å². The Morgan fingerprint density at radius 3 is 3.10 bits per heavy atom. The monoisotopic (exact) mass is 133 g/mol. The molecule has 0 spiro atoms. The normalized spacial score (nSPS) is 14.5. The van der Waals surface area contributed by atoms with Gasteiger partial charge in [0.1, 0.15) is 5.75 Å². The molecule has 2 rings (SSSR count). The van der Waals surface area contributed by atoms with E-state index in [1.807, 2.05) is 0 Å². The lowest BCUT2D eigenvalue weighted by molar-refractivity contribution is 0.375. The van der Waals surface area contributed by atoms with Gasteiger partial charge < -0.3 is 4.74 Å². The fourth-order valence-corrected chi connectivity index (χ4v) is 1.25. The zero-order chi connectivity index (χ0) is 6.97. The highest BCUT2D eigenvalue weighted by molar-refractivity contribution is 5.47. The van der Waals surface area contributed by atoms with E-state index in [2.05, 4.69) is 31.5 Å². The van der Waals surface area contributed by atoms with E-state index in [9.17, 15) is 0 Å². The van der Waals surface area contributed by atoms with Crippen molar-refractivity contribution >= 4 is 0 Å². The Kier molecular flexibility index (Phi) is 1.16. The molecule has 0 saturated heterocycles. The Balaban J connectivity index is 2.59. The number of hydrogen-bond acceptors (Lipinski definition) is 1. The Morgan fingerprint density at radius 2 is 2.30 bits per heavy atom. The van der Waals surface area contributed by atoms with Crippen LogP contribution >= 0.6 is 0 Å². The SMILES string of the molecule is Cc1cccc2c1OC[CH]2. The second kappa shape index (κ2) is 2.01. The van der Waals surface area contributed by atoms with Crippen LogP contribution in [0.1, 0.15) is 11.1 Å². The highest BCUT2D eigenvalue weighted by atomic mass is 16.5. The molecule has 1 aromatic rings. The summed E-state index contributed by atoms with van der Waals surface area (Å²) in [6.45, 7) is 2.80. The van der Waals surface area contributed by atoms with Crippen molar-refractivity contribution in [2.24, 2.45) is 0 Å². The van der Waals surface area contributed by atoms with Crippen LogP contribution in [0.4, 0.5) is 0 Å². The second-order valence-electron chi connectivity index (χ2n) is 2.51. The average molecular weight is 133 g/mol. The second-order valence-corrected chi connectivity index (χ2v) is 2.51. The minimum absolute atomic E-state index is 0.736. The predicted molar refractivity (Wildman–Crippen MR) is 40.1 cm³/mol. The first-order valence-electron chi connectivity index (χ1n) is 3.43. The molecule has 0 atom stereocenters. The largest absolute Gasteiger partial charge is 0.492 e. The standard InChI is InChI=1S/C9H9O/c1-7-3-2-4-8-5-6-10-9(7)8/h2-5H,6H2,1H3. The number of aryl methyl sites for hydroxylation is 1. The first-order chi connectivity index (χ1) is 4.88. The van der Waals surface area contributed by atoms with Crippen LogP contribution in [0.15, 0.2) is 18.2 Å². The molecule has 1 aliphatic heterocycles. The summed E-state index contributed by atoms with van der Waals surface area (Å²) < 4.78 is 5.37. The number of hydrogen-bond donors (Lipinski definition) is 0. The number of ether oxygens (including phenoxy) is 1. The molecular formula is C9H9O. The van der Waals surface area contributed by atoms with Crippen molar-refractivity contribution in [1.82, 2.24) is 0 Å². The number of rotatable bonds is 0. The lowest BCUT2D eigenvalue weighted by Crippen LogP contribution is -1.86. The van der Waals surface area contributed by atoms with E-state index in [-0.39, 0.29) is 0 Å². The van der Waals surface area contributed by atoms with Gasteiger partial charge in [-0.1, -0.05) is 18.2 Å². The van der Waals surface area contributed by atoms with Gasteiger partial charge in [0.2, 0.25) is 0 Å². The minimum Gasteiger partial charge on any atom is -0.492 e. The third-order valence-electron chi connectivity index (χ3n) is 1.77. The fraction of sp³-hybridized carbons (Fsp3) is 0.222. The average Bonchev–Trinajstić information content (AvgIpc) is 2.36. The van der Waals surface area contributed by atoms with Crippen molar-refractivity contribution in [2.75, 3.05) is 6.61 Å². The van der Waals surface area contributed by atoms with Crippen LogP contribution in [-0.4, -0.2) is 6.61 Å². The maximum absolute atomic E-state index is 5.37. The Hall–Kier alpha value is -0.980. The first-order valence-corrected chi connectivity index (χ1v) is 3.43. The quantitative estimate of drug-likeness (QED) is 0.525. The van der Waals surface area contributed by atoms with Gasteiger partial charge in [0, 0.05) is 12.0 Å². The zero-order valence-electron chi connectivity index (χ0n) is 5.92. The van der Waals surface area contributed by atoms with E-state index in [0.29, 0.717) is 0 Å². The molecule has 0 aliphatic carbocycles. The van der Waals surface area contributed by atoms with Gasteiger partial charge in [-0.25, -0.2) is 0 Å². The Bertz CT molecular complexity index is 253. The van der Waals surface area contributed by atoms with Crippen molar-refractivity contribution in [3.63, 3.8) is 0 Å². The summed E-state index contributed by atoms with van der Waals surface area (Å²) in [5.74, 6) is 1.06. The van der Waals surface area contributed by atoms with E-state index >= 15 is 0 Å². The molecule has 1 radical (unpaired) electrons. The molecule has 0 saturated carbocycles. The van der Waals surface area contributed by atoms with Crippen LogP contribution in [0.3, 0.4) is 0 Å². The third kappa shape index (κ3) is 0.703. The molecule has 1 aliphatic rings.